The number of rotatable bonds is 4. The van der Waals surface area contributed by atoms with Crippen LogP contribution in [0.5, 0.6) is 0 Å². The number of carbonyl (C=O) groups excluding carboxylic acids is 3. The number of hydrogen-bond donors (Lipinski definition) is 2. The number of amides is 3. The highest BCUT2D eigenvalue weighted by molar-refractivity contribution is 6.07. The number of benzene rings is 2. The summed E-state index contributed by atoms with van der Waals surface area (Å²) in [5, 5.41) is 4.25. The van der Waals surface area contributed by atoms with Crippen LogP contribution in [0.25, 0.3) is 11.1 Å². The lowest BCUT2D eigenvalue weighted by Gasteiger charge is -2.38. The quantitative estimate of drug-likeness (QED) is 0.579. The van der Waals surface area contributed by atoms with E-state index in [1.807, 2.05) is 49.4 Å². The number of nitrogens with one attached hydrogen (secondary N) is 2. The van der Waals surface area contributed by atoms with Crippen molar-refractivity contribution in [2.24, 2.45) is 11.8 Å². The van der Waals surface area contributed by atoms with Crippen molar-refractivity contribution < 1.29 is 14.4 Å². The molecule has 1 saturated heterocycles. The summed E-state index contributed by atoms with van der Waals surface area (Å²) in [5.41, 5.74) is 7.15. The fourth-order valence-electron chi connectivity index (χ4n) is 4.44. The molecule has 5 rings (SSSR count). The zero-order valence-corrected chi connectivity index (χ0v) is 18.7. The zero-order chi connectivity index (χ0) is 23.7. The number of allylic oxidation sites excluding steroid dienone is 2. The molecule has 2 aromatic carbocycles. The molecule has 34 heavy (non-hydrogen) atoms. The second kappa shape index (κ2) is 8.94. The molecular formula is C27H24N4O3. The standard InChI is InChI=1S/C27H24N4O3/c1-17-9-10-19(18-11-13-28-14-12-18)16-24(17)29-25(32)20-5-4-6-21(15-20)31-27(34)23-8-3-2-7-22(23)26(33)30-31/h2-6,9-16,22-23H,7-8H2,1H3,(H,29,32)(H,30,33). The summed E-state index contributed by atoms with van der Waals surface area (Å²) in [6, 6.07) is 16.4. The van der Waals surface area contributed by atoms with Crippen LogP contribution in [0.1, 0.15) is 28.8 Å². The molecule has 0 spiro atoms. The van der Waals surface area contributed by atoms with E-state index >= 15 is 0 Å². The molecule has 1 aliphatic carbocycles. The molecule has 0 bridgehead atoms. The Kier molecular flexibility index (Phi) is 5.67. The van der Waals surface area contributed by atoms with Gasteiger partial charge in [-0.05, 0) is 72.9 Å². The summed E-state index contributed by atoms with van der Waals surface area (Å²) in [5.74, 6) is -1.35. The van der Waals surface area contributed by atoms with Gasteiger partial charge in [-0.3, -0.25) is 24.8 Å². The molecule has 0 radical (unpaired) electrons. The highest BCUT2D eigenvalue weighted by atomic mass is 16.2. The average Bonchev–Trinajstić information content (AvgIpc) is 2.88. The van der Waals surface area contributed by atoms with E-state index in [1.165, 1.54) is 5.01 Å². The first-order valence-electron chi connectivity index (χ1n) is 11.2. The summed E-state index contributed by atoms with van der Waals surface area (Å²) in [4.78, 5) is 42.8. The Morgan fingerprint density at radius 2 is 1.74 bits per heavy atom. The largest absolute Gasteiger partial charge is 0.322 e. The zero-order valence-electron chi connectivity index (χ0n) is 18.7. The third-order valence-electron chi connectivity index (χ3n) is 6.39. The summed E-state index contributed by atoms with van der Waals surface area (Å²) >= 11 is 0. The van der Waals surface area contributed by atoms with Crippen molar-refractivity contribution in [2.75, 3.05) is 10.3 Å². The molecular weight excluding hydrogens is 428 g/mol. The van der Waals surface area contributed by atoms with Gasteiger partial charge < -0.3 is 5.32 Å². The highest BCUT2D eigenvalue weighted by Crippen LogP contribution is 2.32. The molecule has 1 aliphatic heterocycles. The maximum Gasteiger partial charge on any atom is 0.255 e. The van der Waals surface area contributed by atoms with Gasteiger partial charge in [-0.15, -0.1) is 0 Å². The number of carbonyl (C=O) groups is 3. The SMILES string of the molecule is Cc1ccc(-c2ccncc2)cc1NC(=O)c1cccc(N2NC(=O)C3CC=CCC3C2=O)c1. The summed E-state index contributed by atoms with van der Waals surface area (Å²) in [6.45, 7) is 1.93. The third kappa shape index (κ3) is 4.08. The second-order valence-corrected chi connectivity index (χ2v) is 8.58. The van der Waals surface area contributed by atoms with E-state index in [-0.39, 0.29) is 29.6 Å². The van der Waals surface area contributed by atoms with Gasteiger partial charge in [0.05, 0.1) is 17.5 Å². The molecule has 2 heterocycles. The van der Waals surface area contributed by atoms with Crippen molar-refractivity contribution in [1.29, 1.82) is 0 Å². The second-order valence-electron chi connectivity index (χ2n) is 8.58. The minimum Gasteiger partial charge on any atom is -0.322 e. The van der Waals surface area contributed by atoms with Gasteiger partial charge in [-0.1, -0.05) is 30.4 Å². The normalized spacial score (nSPS) is 19.4. The number of hydrogen-bond acceptors (Lipinski definition) is 4. The molecule has 1 aromatic heterocycles. The lowest BCUT2D eigenvalue weighted by Crippen LogP contribution is -2.59. The van der Waals surface area contributed by atoms with Crippen molar-refractivity contribution in [3.63, 3.8) is 0 Å². The summed E-state index contributed by atoms with van der Waals surface area (Å²) in [6.07, 6.45) is 8.45. The smallest absolute Gasteiger partial charge is 0.255 e. The molecule has 7 heteroatoms. The van der Waals surface area contributed by atoms with Crippen LogP contribution in [0.4, 0.5) is 11.4 Å². The first-order valence-corrected chi connectivity index (χ1v) is 11.2. The van der Waals surface area contributed by atoms with Crippen LogP contribution in [0.3, 0.4) is 0 Å². The van der Waals surface area contributed by atoms with Crippen LogP contribution in [0.2, 0.25) is 0 Å². The Labute approximate surface area is 197 Å². The minimum absolute atomic E-state index is 0.160. The van der Waals surface area contributed by atoms with E-state index in [0.717, 1.165) is 16.7 Å². The van der Waals surface area contributed by atoms with Crippen molar-refractivity contribution in [3.05, 3.63) is 90.3 Å². The number of nitrogens with zero attached hydrogens (tertiary/aromatic N) is 2. The average molecular weight is 453 g/mol. The Bertz CT molecular complexity index is 1300. The van der Waals surface area contributed by atoms with Crippen LogP contribution in [0.15, 0.2) is 79.1 Å². The van der Waals surface area contributed by atoms with Gasteiger partial charge in [0.15, 0.2) is 0 Å². The van der Waals surface area contributed by atoms with Crippen LogP contribution < -0.4 is 15.8 Å². The number of aryl methyl sites for hydroxylation is 1. The van der Waals surface area contributed by atoms with Crippen molar-refractivity contribution in [2.45, 2.75) is 19.8 Å². The number of fused-ring (bicyclic) bond motifs is 1. The molecule has 2 unspecified atom stereocenters. The summed E-state index contributed by atoms with van der Waals surface area (Å²) < 4.78 is 0. The Balaban J connectivity index is 1.38. The molecule has 2 N–H and O–H groups in total. The maximum atomic E-state index is 13.1. The molecule has 2 aliphatic rings. The van der Waals surface area contributed by atoms with Gasteiger partial charge >= 0.3 is 0 Å². The van der Waals surface area contributed by atoms with Gasteiger partial charge in [0.1, 0.15) is 0 Å². The number of pyridine rings is 1. The fraction of sp³-hybridized carbons (Fsp3) is 0.185. The lowest BCUT2D eigenvalue weighted by molar-refractivity contribution is -0.139. The van der Waals surface area contributed by atoms with Crippen LogP contribution >= 0.6 is 0 Å². The Morgan fingerprint density at radius 1 is 0.971 bits per heavy atom. The first-order chi connectivity index (χ1) is 16.5. The van der Waals surface area contributed by atoms with Gasteiger partial charge in [0.25, 0.3) is 5.91 Å². The van der Waals surface area contributed by atoms with Crippen LogP contribution in [0, 0.1) is 18.8 Å². The fourth-order valence-corrected chi connectivity index (χ4v) is 4.44. The monoisotopic (exact) mass is 452 g/mol. The number of hydrazine groups is 1. The predicted molar refractivity (Wildman–Crippen MR) is 130 cm³/mol. The molecule has 0 saturated carbocycles. The van der Waals surface area contributed by atoms with E-state index in [4.69, 9.17) is 0 Å². The van der Waals surface area contributed by atoms with Gasteiger partial charge in [-0.2, -0.15) is 0 Å². The van der Waals surface area contributed by atoms with Crippen LogP contribution in [-0.4, -0.2) is 22.7 Å². The Hall–Kier alpha value is -4.26. The van der Waals surface area contributed by atoms with Crippen LogP contribution in [-0.2, 0) is 9.59 Å². The van der Waals surface area contributed by atoms with Gasteiger partial charge in [0.2, 0.25) is 11.8 Å². The minimum atomic E-state index is -0.380. The first kappa shape index (κ1) is 21.6. The molecule has 7 nitrogen and oxygen atoms in total. The topological polar surface area (TPSA) is 91.4 Å². The predicted octanol–water partition coefficient (Wildman–Crippen LogP) is 4.27. The highest BCUT2D eigenvalue weighted by Gasteiger charge is 2.42. The van der Waals surface area contributed by atoms with Gasteiger partial charge in [0, 0.05) is 23.6 Å². The van der Waals surface area contributed by atoms with Crippen molar-refractivity contribution in [1.82, 2.24) is 10.4 Å². The van der Waals surface area contributed by atoms with Crippen molar-refractivity contribution in [3.8, 4) is 11.1 Å². The maximum absolute atomic E-state index is 13.1. The molecule has 2 atom stereocenters. The van der Waals surface area contributed by atoms with E-state index in [9.17, 15) is 14.4 Å². The van der Waals surface area contributed by atoms with E-state index in [1.54, 1.807) is 36.7 Å². The van der Waals surface area contributed by atoms with E-state index in [2.05, 4.69) is 15.7 Å². The third-order valence-corrected chi connectivity index (χ3v) is 6.39. The molecule has 3 aromatic rings. The van der Waals surface area contributed by atoms with E-state index < -0.39 is 0 Å². The number of aromatic nitrogens is 1. The van der Waals surface area contributed by atoms with Crippen molar-refractivity contribution >= 4 is 29.1 Å². The summed E-state index contributed by atoms with van der Waals surface area (Å²) in [7, 11) is 0. The van der Waals surface area contributed by atoms with E-state index in [0.29, 0.717) is 29.8 Å². The Morgan fingerprint density at radius 3 is 2.53 bits per heavy atom. The lowest BCUT2D eigenvalue weighted by atomic mass is 9.80. The van der Waals surface area contributed by atoms with Gasteiger partial charge in [-0.25, -0.2) is 5.01 Å². The molecule has 1 fully saturated rings. The number of anilines is 2. The molecule has 3 amide bonds. The molecule has 170 valence electrons.